The van der Waals surface area contributed by atoms with Crippen LogP contribution in [-0.4, -0.2) is 64.2 Å². The molecule has 9 heteroatoms. The number of fused-ring (bicyclic) bond motifs is 1. The number of hydrogen-bond donors (Lipinski definition) is 2. The Kier molecular flexibility index (Phi) is 6.95. The molecule has 1 amide bonds. The van der Waals surface area contributed by atoms with Gasteiger partial charge < -0.3 is 34.1 Å². The van der Waals surface area contributed by atoms with Gasteiger partial charge in [0, 0.05) is 30.2 Å². The van der Waals surface area contributed by atoms with E-state index in [0.29, 0.717) is 48.8 Å². The average molecular weight is 472 g/mol. The monoisotopic (exact) mass is 471 g/mol. The number of rotatable bonds is 12. The summed E-state index contributed by atoms with van der Waals surface area (Å²) in [6, 6.07) is 9.26. The van der Waals surface area contributed by atoms with Crippen molar-refractivity contribution >= 4 is 11.9 Å². The van der Waals surface area contributed by atoms with Crippen molar-refractivity contribution < 1.29 is 38.4 Å². The van der Waals surface area contributed by atoms with E-state index >= 15 is 0 Å². The molecule has 1 atom stereocenters. The van der Waals surface area contributed by atoms with Gasteiger partial charge >= 0.3 is 5.97 Å². The van der Waals surface area contributed by atoms with Gasteiger partial charge in [0.15, 0.2) is 17.6 Å². The van der Waals surface area contributed by atoms with E-state index in [-0.39, 0.29) is 19.1 Å². The van der Waals surface area contributed by atoms with Crippen LogP contribution in [0.3, 0.4) is 0 Å². The molecule has 2 aliphatic rings. The van der Waals surface area contributed by atoms with Crippen LogP contribution in [0.15, 0.2) is 30.3 Å². The first-order valence-electron chi connectivity index (χ1n) is 11.1. The molecule has 0 bridgehead atoms. The van der Waals surface area contributed by atoms with Crippen molar-refractivity contribution in [2.75, 3.05) is 41.2 Å². The predicted molar refractivity (Wildman–Crippen MR) is 123 cm³/mol. The Morgan fingerprint density at radius 1 is 1.06 bits per heavy atom. The second-order valence-corrected chi connectivity index (χ2v) is 8.47. The molecule has 4 rings (SSSR count). The third-order valence-electron chi connectivity index (χ3n) is 6.35. The van der Waals surface area contributed by atoms with Crippen molar-refractivity contribution in [3.05, 3.63) is 41.5 Å². The van der Waals surface area contributed by atoms with Crippen molar-refractivity contribution in [1.82, 2.24) is 5.32 Å². The Morgan fingerprint density at radius 2 is 1.82 bits per heavy atom. The van der Waals surface area contributed by atoms with Crippen molar-refractivity contribution in [2.45, 2.75) is 25.5 Å². The highest BCUT2D eigenvalue weighted by Crippen LogP contribution is 2.52. The Labute approximate surface area is 197 Å². The standard InChI is InChI=1S/C25H29NO8/c1-30-10-11-33-22(24(28)29)25(8-9-25)14-34-20-17(6-7-19(31-2)21(20)32-3)15-4-5-18-16(12-15)13-26-23(18)27/h4-7,12,22H,8-11,13-14H2,1-3H3,(H,26,27)(H,28,29). The molecule has 0 spiro atoms. The third kappa shape index (κ3) is 4.53. The van der Waals surface area contributed by atoms with Crippen molar-refractivity contribution in [2.24, 2.45) is 5.41 Å². The van der Waals surface area contributed by atoms with Gasteiger partial charge in [0.2, 0.25) is 5.75 Å². The lowest BCUT2D eigenvalue weighted by molar-refractivity contribution is -0.158. The molecular weight excluding hydrogens is 442 g/mol. The first-order valence-corrected chi connectivity index (χ1v) is 11.1. The number of aliphatic carboxylic acids is 1. The third-order valence-corrected chi connectivity index (χ3v) is 6.35. The fraction of sp³-hybridized carbons (Fsp3) is 0.440. The lowest BCUT2D eigenvalue weighted by Gasteiger charge is -2.25. The van der Waals surface area contributed by atoms with E-state index in [1.54, 1.807) is 19.2 Å². The van der Waals surface area contributed by atoms with E-state index in [0.717, 1.165) is 16.7 Å². The lowest BCUT2D eigenvalue weighted by Crippen LogP contribution is -2.38. The zero-order chi connectivity index (χ0) is 24.3. The number of carboxylic acid groups (broad SMARTS) is 1. The zero-order valence-electron chi connectivity index (χ0n) is 19.5. The quantitative estimate of drug-likeness (QED) is 0.455. The van der Waals surface area contributed by atoms with Gasteiger partial charge in [0.05, 0.1) is 34.0 Å². The molecule has 1 fully saturated rings. The minimum atomic E-state index is -1.02. The largest absolute Gasteiger partial charge is 0.493 e. The highest BCUT2D eigenvalue weighted by atomic mass is 16.6. The molecule has 1 heterocycles. The van der Waals surface area contributed by atoms with Crippen LogP contribution < -0.4 is 19.5 Å². The number of methoxy groups -OCH3 is 3. The zero-order valence-corrected chi connectivity index (χ0v) is 19.5. The van der Waals surface area contributed by atoms with Crippen LogP contribution in [-0.2, 0) is 20.8 Å². The molecule has 1 aliphatic carbocycles. The number of carbonyl (C=O) groups excluding carboxylic acids is 1. The molecule has 2 N–H and O–H groups in total. The number of benzene rings is 2. The summed E-state index contributed by atoms with van der Waals surface area (Å²) in [4.78, 5) is 23.9. The highest BCUT2D eigenvalue weighted by molar-refractivity contribution is 5.99. The Balaban J connectivity index is 1.66. The molecule has 2 aromatic rings. The van der Waals surface area contributed by atoms with Gasteiger partial charge in [-0.3, -0.25) is 4.79 Å². The first kappa shape index (κ1) is 23.8. The summed E-state index contributed by atoms with van der Waals surface area (Å²) in [5, 5.41) is 12.6. The summed E-state index contributed by atoms with van der Waals surface area (Å²) in [6.45, 7) is 1.10. The molecule has 2 aromatic carbocycles. The molecule has 1 aliphatic heterocycles. The topological polar surface area (TPSA) is 113 Å². The second-order valence-electron chi connectivity index (χ2n) is 8.47. The minimum Gasteiger partial charge on any atom is -0.493 e. The SMILES string of the molecule is COCCOC(C(=O)O)C1(COc2c(-c3ccc4c(c3)CNC4=O)ccc(OC)c2OC)CC1. The molecule has 0 saturated heterocycles. The van der Waals surface area contributed by atoms with Gasteiger partial charge in [0.25, 0.3) is 5.91 Å². The molecule has 34 heavy (non-hydrogen) atoms. The van der Waals surface area contributed by atoms with Crippen LogP contribution in [0.2, 0.25) is 0 Å². The van der Waals surface area contributed by atoms with Gasteiger partial charge in [-0.25, -0.2) is 4.79 Å². The van der Waals surface area contributed by atoms with Gasteiger partial charge in [-0.15, -0.1) is 0 Å². The summed E-state index contributed by atoms with van der Waals surface area (Å²) in [5.74, 6) is 0.249. The molecule has 1 unspecified atom stereocenters. The maximum absolute atomic E-state index is 12.0. The van der Waals surface area contributed by atoms with E-state index in [2.05, 4.69) is 5.32 Å². The number of hydrogen-bond acceptors (Lipinski definition) is 7. The van der Waals surface area contributed by atoms with Crippen LogP contribution in [0.25, 0.3) is 11.1 Å². The van der Waals surface area contributed by atoms with E-state index in [4.69, 9.17) is 23.7 Å². The Hall–Kier alpha value is -3.30. The van der Waals surface area contributed by atoms with Gasteiger partial charge in [-0.2, -0.15) is 0 Å². The van der Waals surface area contributed by atoms with E-state index in [1.807, 2.05) is 18.2 Å². The van der Waals surface area contributed by atoms with E-state index in [9.17, 15) is 14.7 Å². The Bertz CT molecular complexity index is 1080. The summed E-state index contributed by atoms with van der Waals surface area (Å²) in [7, 11) is 4.61. The molecule has 0 aromatic heterocycles. The van der Waals surface area contributed by atoms with Crippen molar-refractivity contribution in [3.8, 4) is 28.4 Å². The molecule has 182 valence electrons. The number of nitrogens with one attached hydrogen (secondary N) is 1. The summed E-state index contributed by atoms with van der Waals surface area (Å²) in [6.07, 6.45) is 0.343. The normalized spacial score (nSPS) is 16.4. The van der Waals surface area contributed by atoms with Gasteiger partial charge in [0.1, 0.15) is 0 Å². The second kappa shape index (κ2) is 9.90. The lowest BCUT2D eigenvalue weighted by atomic mass is 9.98. The van der Waals surface area contributed by atoms with Crippen molar-refractivity contribution in [3.63, 3.8) is 0 Å². The van der Waals surface area contributed by atoms with Gasteiger partial charge in [-0.05, 0) is 48.2 Å². The van der Waals surface area contributed by atoms with Crippen LogP contribution in [0.4, 0.5) is 0 Å². The molecule has 1 saturated carbocycles. The molecule has 0 radical (unpaired) electrons. The minimum absolute atomic E-state index is 0.0887. The fourth-order valence-corrected chi connectivity index (χ4v) is 4.29. The van der Waals surface area contributed by atoms with Crippen LogP contribution >= 0.6 is 0 Å². The van der Waals surface area contributed by atoms with Crippen LogP contribution in [0, 0.1) is 5.41 Å². The maximum Gasteiger partial charge on any atom is 0.333 e. The number of ether oxygens (including phenoxy) is 5. The predicted octanol–water partition coefficient (Wildman–Crippen LogP) is 2.89. The first-order chi connectivity index (χ1) is 16.4. The smallest absolute Gasteiger partial charge is 0.333 e. The highest BCUT2D eigenvalue weighted by Gasteiger charge is 2.54. The van der Waals surface area contributed by atoms with Gasteiger partial charge in [-0.1, -0.05) is 6.07 Å². The number of carbonyl (C=O) groups is 2. The van der Waals surface area contributed by atoms with Crippen LogP contribution in [0.5, 0.6) is 17.2 Å². The van der Waals surface area contributed by atoms with Crippen LogP contribution in [0.1, 0.15) is 28.8 Å². The molecule has 9 nitrogen and oxygen atoms in total. The number of amides is 1. The summed E-state index contributed by atoms with van der Waals surface area (Å²) >= 11 is 0. The summed E-state index contributed by atoms with van der Waals surface area (Å²) < 4.78 is 28.0. The van der Waals surface area contributed by atoms with E-state index in [1.165, 1.54) is 14.2 Å². The maximum atomic E-state index is 12.0. The van der Waals surface area contributed by atoms with Crippen molar-refractivity contribution in [1.29, 1.82) is 0 Å². The average Bonchev–Trinajstić information content (AvgIpc) is 3.54. The Morgan fingerprint density at radius 3 is 2.47 bits per heavy atom. The van der Waals surface area contributed by atoms with E-state index < -0.39 is 17.5 Å². The number of carboxylic acids is 1. The fourth-order valence-electron chi connectivity index (χ4n) is 4.29. The molecular formula is C25H29NO8. The summed E-state index contributed by atoms with van der Waals surface area (Å²) in [5.41, 5.74) is 2.52.